The van der Waals surface area contributed by atoms with Gasteiger partial charge in [-0.05, 0) is 24.6 Å². The fourth-order valence-electron chi connectivity index (χ4n) is 2.55. The van der Waals surface area contributed by atoms with E-state index in [9.17, 15) is 9.90 Å². The van der Waals surface area contributed by atoms with Crippen molar-refractivity contribution in [2.75, 3.05) is 26.2 Å². The van der Waals surface area contributed by atoms with Crippen LogP contribution in [0.5, 0.6) is 5.75 Å². The number of hydrogen-bond acceptors (Lipinski definition) is 4. The predicted octanol–water partition coefficient (Wildman–Crippen LogP) is 1.02. The van der Waals surface area contributed by atoms with Gasteiger partial charge in [0, 0.05) is 38.8 Å². The number of phenols is 1. The third-order valence-corrected chi connectivity index (χ3v) is 4.18. The minimum atomic E-state index is -0.123. The fourth-order valence-corrected chi connectivity index (χ4v) is 2.55. The average molecular weight is 291 g/mol. The average Bonchev–Trinajstić information content (AvgIpc) is 2.46. The SMILES string of the molecule is CC(N)C(C)C(=O)N1CCN(Cc2cccc(O)c2)CC1. The highest BCUT2D eigenvalue weighted by Crippen LogP contribution is 2.15. The van der Waals surface area contributed by atoms with Crippen molar-refractivity contribution in [2.45, 2.75) is 26.4 Å². The van der Waals surface area contributed by atoms with Gasteiger partial charge < -0.3 is 15.7 Å². The van der Waals surface area contributed by atoms with E-state index in [1.807, 2.05) is 30.9 Å². The van der Waals surface area contributed by atoms with Crippen LogP contribution in [0.1, 0.15) is 19.4 Å². The monoisotopic (exact) mass is 291 g/mol. The molecule has 2 atom stereocenters. The first-order chi connectivity index (χ1) is 9.97. The molecule has 0 radical (unpaired) electrons. The van der Waals surface area contributed by atoms with E-state index in [4.69, 9.17) is 5.73 Å². The van der Waals surface area contributed by atoms with Crippen LogP contribution in [-0.4, -0.2) is 53.0 Å². The van der Waals surface area contributed by atoms with E-state index in [1.54, 1.807) is 12.1 Å². The van der Waals surface area contributed by atoms with Crippen molar-refractivity contribution in [3.8, 4) is 5.75 Å². The fraction of sp³-hybridized carbons (Fsp3) is 0.562. The number of nitrogens with two attached hydrogens (primary N) is 1. The summed E-state index contributed by atoms with van der Waals surface area (Å²) in [6.45, 7) is 7.77. The van der Waals surface area contributed by atoms with Crippen molar-refractivity contribution in [1.82, 2.24) is 9.80 Å². The highest BCUT2D eigenvalue weighted by molar-refractivity contribution is 5.79. The molecule has 5 nitrogen and oxygen atoms in total. The van der Waals surface area contributed by atoms with E-state index in [-0.39, 0.29) is 17.9 Å². The van der Waals surface area contributed by atoms with Gasteiger partial charge in [0.05, 0.1) is 5.92 Å². The number of hydrogen-bond donors (Lipinski definition) is 2. The minimum Gasteiger partial charge on any atom is -0.508 e. The molecule has 2 unspecified atom stereocenters. The molecule has 0 bridgehead atoms. The summed E-state index contributed by atoms with van der Waals surface area (Å²) in [5, 5.41) is 9.49. The summed E-state index contributed by atoms with van der Waals surface area (Å²) in [6.07, 6.45) is 0. The van der Waals surface area contributed by atoms with Crippen LogP contribution in [0.4, 0.5) is 0 Å². The molecule has 1 amide bonds. The molecule has 116 valence electrons. The molecule has 2 rings (SSSR count). The Bertz CT molecular complexity index is 482. The number of carbonyl (C=O) groups excluding carboxylic acids is 1. The van der Waals surface area contributed by atoms with E-state index in [0.29, 0.717) is 5.75 Å². The molecule has 0 aromatic heterocycles. The van der Waals surface area contributed by atoms with E-state index >= 15 is 0 Å². The first-order valence-corrected chi connectivity index (χ1v) is 7.52. The predicted molar refractivity (Wildman–Crippen MR) is 82.8 cm³/mol. The van der Waals surface area contributed by atoms with Gasteiger partial charge in [-0.2, -0.15) is 0 Å². The van der Waals surface area contributed by atoms with Crippen molar-refractivity contribution < 1.29 is 9.90 Å². The summed E-state index contributed by atoms with van der Waals surface area (Å²) in [4.78, 5) is 16.5. The summed E-state index contributed by atoms with van der Waals surface area (Å²) in [7, 11) is 0. The zero-order valence-electron chi connectivity index (χ0n) is 12.8. The Balaban J connectivity index is 1.84. The second-order valence-corrected chi connectivity index (χ2v) is 5.92. The number of phenolic OH excluding ortho intramolecular Hbond substituents is 1. The topological polar surface area (TPSA) is 69.8 Å². The first-order valence-electron chi connectivity index (χ1n) is 7.52. The third-order valence-electron chi connectivity index (χ3n) is 4.18. The maximum absolute atomic E-state index is 12.2. The largest absolute Gasteiger partial charge is 0.508 e. The summed E-state index contributed by atoms with van der Waals surface area (Å²) in [5.74, 6) is 0.330. The van der Waals surface area contributed by atoms with Gasteiger partial charge in [0.25, 0.3) is 0 Å². The molecule has 3 N–H and O–H groups in total. The van der Waals surface area contributed by atoms with Crippen molar-refractivity contribution in [2.24, 2.45) is 11.7 Å². The van der Waals surface area contributed by atoms with Crippen molar-refractivity contribution in [1.29, 1.82) is 0 Å². The molecule has 0 saturated carbocycles. The lowest BCUT2D eigenvalue weighted by Crippen LogP contribution is -2.51. The lowest BCUT2D eigenvalue weighted by Gasteiger charge is -2.36. The number of carbonyl (C=O) groups is 1. The zero-order valence-corrected chi connectivity index (χ0v) is 12.8. The lowest BCUT2D eigenvalue weighted by molar-refractivity contribution is -0.137. The molecule has 1 aliphatic rings. The highest BCUT2D eigenvalue weighted by Gasteiger charge is 2.26. The standard InChI is InChI=1S/C16H25N3O2/c1-12(13(2)17)16(21)19-8-6-18(7-9-19)11-14-4-3-5-15(20)10-14/h3-5,10,12-13,20H,6-9,11,17H2,1-2H3. The molecule has 0 spiro atoms. The number of nitrogens with zero attached hydrogens (tertiary/aromatic N) is 2. The molecular weight excluding hydrogens is 266 g/mol. The number of piperazine rings is 1. The summed E-state index contributed by atoms with van der Waals surface area (Å²) in [5.41, 5.74) is 6.90. The van der Waals surface area contributed by atoms with Gasteiger partial charge in [-0.1, -0.05) is 19.1 Å². The Kier molecular flexibility index (Phi) is 5.20. The van der Waals surface area contributed by atoms with Crippen LogP contribution in [0.15, 0.2) is 24.3 Å². The third kappa shape index (κ3) is 4.19. The van der Waals surface area contributed by atoms with Crippen LogP contribution in [0.3, 0.4) is 0 Å². The normalized spacial score (nSPS) is 19.3. The molecule has 0 aliphatic carbocycles. The van der Waals surface area contributed by atoms with Crippen LogP contribution >= 0.6 is 0 Å². The van der Waals surface area contributed by atoms with Crippen molar-refractivity contribution in [3.05, 3.63) is 29.8 Å². The van der Waals surface area contributed by atoms with Crippen molar-refractivity contribution >= 4 is 5.91 Å². The minimum absolute atomic E-state index is 0.108. The van der Waals surface area contributed by atoms with Crippen LogP contribution in [0.25, 0.3) is 0 Å². The van der Waals surface area contributed by atoms with Gasteiger partial charge in [-0.15, -0.1) is 0 Å². The Hall–Kier alpha value is -1.59. The lowest BCUT2D eigenvalue weighted by atomic mass is 10.0. The molecule has 1 fully saturated rings. The number of aromatic hydroxyl groups is 1. The van der Waals surface area contributed by atoms with Crippen LogP contribution in [0.2, 0.25) is 0 Å². The summed E-state index contributed by atoms with van der Waals surface area (Å²) < 4.78 is 0. The van der Waals surface area contributed by atoms with Gasteiger partial charge in [-0.25, -0.2) is 0 Å². The van der Waals surface area contributed by atoms with E-state index < -0.39 is 0 Å². The van der Waals surface area contributed by atoms with Gasteiger partial charge >= 0.3 is 0 Å². The van der Waals surface area contributed by atoms with Gasteiger partial charge in [-0.3, -0.25) is 9.69 Å². The zero-order chi connectivity index (χ0) is 15.4. The number of amides is 1. The Morgan fingerprint density at radius 2 is 1.95 bits per heavy atom. The van der Waals surface area contributed by atoms with Crippen LogP contribution in [0, 0.1) is 5.92 Å². The van der Waals surface area contributed by atoms with Gasteiger partial charge in [0.2, 0.25) is 5.91 Å². The van der Waals surface area contributed by atoms with Crippen molar-refractivity contribution in [3.63, 3.8) is 0 Å². The van der Waals surface area contributed by atoms with Crippen LogP contribution in [-0.2, 0) is 11.3 Å². The second kappa shape index (κ2) is 6.91. The molecular formula is C16H25N3O2. The molecule has 21 heavy (non-hydrogen) atoms. The first kappa shape index (κ1) is 15.8. The summed E-state index contributed by atoms with van der Waals surface area (Å²) >= 11 is 0. The maximum Gasteiger partial charge on any atom is 0.227 e. The molecule has 1 aromatic carbocycles. The Labute approximate surface area is 126 Å². The highest BCUT2D eigenvalue weighted by atomic mass is 16.3. The molecule has 1 heterocycles. The number of benzene rings is 1. The second-order valence-electron chi connectivity index (χ2n) is 5.92. The molecule has 1 saturated heterocycles. The quantitative estimate of drug-likeness (QED) is 0.869. The van der Waals surface area contributed by atoms with Crippen LogP contribution < -0.4 is 5.73 Å². The summed E-state index contributed by atoms with van der Waals surface area (Å²) in [6, 6.07) is 7.22. The Morgan fingerprint density at radius 3 is 2.52 bits per heavy atom. The molecule has 5 heteroatoms. The smallest absolute Gasteiger partial charge is 0.227 e. The van der Waals surface area contributed by atoms with E-state index in [1.165, 1.54) is 0 Å². The van der Waals surface area contributed by atoms with E-state index in [2.05, 4.69) is 4.90 Å². The Morgan fingerprint density at radius 1 is 1.29 bits per heavy atom. The van der Waals surface area contributed by atoms with E-state index in [0.717, 1.165) is 38.3 Å². The number of rotatable bonds is 4. The molecule has 1 aromatic rings. The van der Waals surface area contributed by atoms with Gasteiger partial charge in [0.1, 0.15) is 5.75 Å². The van der Waals surface area contributed by atoms with Gasteiger partial charge in [0.15, 0.2) is 0 Å². The maximum atomic E-state index is 12.2. The molecule has 1 aliphatic heterocycles.